The Bertz CT molecular complexity index is 793. The van der Waals surface area contributed by atoms with Crippen molar-refractivity contribution in [2.45, 2.75) is 39.3 Å². The molecule has 3 rings (SSSR count). The molecule has 0 bridgehead atoms. The molecule has 1 amide bonds. The molecule has 1 fully saturated rings. The third-order valence-corrected chi connectivity index (χ3v) is 5.08. The summed E-state index contributed by atoms with van der Waals surface area (Å²) < 4.78 is 1.37. The lowest BCUT2D eigenvalue weighted by Gasteiger charge is -2.35. The molecular weight excluding hydrogens is 316 g/mol. The van der Waals surface area contributed by atoms with Crippen LogP contribution in [0, 0.1) is 5.92 Å². The van der Waals surface area contributed by atoms with Crippen LogP contribution in [-0.4, -0.2) is 46.0 Å². The highest BCUT2D eigenvalue weighted by Crippen LogP contribution is 2.17. The van der Waals surface area contributed by atoms with Crippen molar-refractivity contribution in [2.75, 3.05) is 19.6 Å². The summed E-state index contributed by atoms with van der Waals surface area (Å²) >= 11 is 0. The lowest BCUT2D eigenvalue weighted by atomic mass is 9.98. The second-order valence-electron chi connectivity index (χ2n) is 7.07. The minimum atomic E-state index is -0.182. The zero-order valence-corrected chi connectivity index (χ0v) is 14.9. The Labute approximate surface area is 147 Å². The molecular formula is C19H26N4O2. The van der Waals surface area contributed by atoms with Gasteiger partial charge >= 0.3 is 0 Å². The van der Waals surface area contributed by atoms with Gasteiger partial charge in [-0.15, -0.1) is 0 Å². The van der Waals surface area contributed by atoms with Gasteiger partial charge in [0.2, 0.25) is 5.91 Å². The molecule has 1 aliphatic rings. The normalized spacial score (nSPS) is 17.5. The van der Waals surface area contributed by atoms with E-state index in [-0.39, 0.29) is 18.0 Å². The number of carbonyl (C=O) groups excluding carboxylic acids is 1. The average Bonchev–Trinajstić information content (AvgIpc) is 2.63. The number of hydrogen-bond acceptors (Lipinski definition) is 4. The van der Waals surface area contributed by atoms with Gasteiger partial charge in [0.25, 0.3) is 5.56 Å². The highest BCUT2D eigenvalue weighted by Gasteiger charge is 2.20. The number of para-hydroxylation sites is 1. The quantitative estimate of drug-likeness (QED) is 0.897. The van der Waals surface area contributed by atoms with E-state index in [0.717, 1.165) is 19.0 Å². The van der Waals surface area contributed by atoms with Crippen LogP contribution in [0.1, 0.15) is 26.7 Å². The predicted molar refractivity (Wildman–Crippen MR) is 98.4 cm³/mol. The van der Waals surface area contributed by atoms with Crippen molar-refractivity contribution in [1.29, 1.82) is 0 Å². The molecule has 1 N–H and O–H groups in total. The number of nitrogens with one attached hydrogen (secondary N) is 1. The van der Waals surface area contributed by atoms with Crippen LogP contribution in [0.3, 0.4) is 0 Å². The molecule has 134 valence electrons. The molecule has 6 heteroatoms. The minimum Gasteiger partial charge on any atom is -0.353 e. The maximum Gasteiger partial charge on any atom is 0.261 e. The van der Waals surface area contributed by atoms with Gasteiger partial charge in [-0.05, 0) is 50.9 Å². The minimum absolute atomic E-state index is 0.000418. The van der Waals surface area contributed by atoms with E-state index < -0.39 is 0 Å². The van der Waals surface area contributed by atoms with E-state index in [9.17, 15) is 9.59 Å². The first-order chi connectivity index (χ1) is 12.0. The van der Waals surface area contributed by atoms with Crippen molar-refractivity contribution in [2.24, 2.45) is 5.92 Å². The number of hydrogen-bond donors (Lipinski definition) is 1. The van der Waals surface area contributed by atoms with Crippen LogP contribution in [0.15, 0.2) is 35.4 Å². The Morgan fingerprint density at radius 1 is 1.32 bits per heavy atom. The summed E-state index contributed by atoms with van der Waals surface area (Å²) in [5.74, 6) is 0.640. The van der Waals surface area contributed by atoms with Gasteiger partial charge in [0, 0.05) is 12.6 Å². The highest BCUT2D eigenvalue weighted by molar-refractivity contribution is 5.78. The third kappa shape index (κ3) is 4.25. The molecule has 0 spiro atoms. The number of benzene rings is 1. The van der Waals surface area contributed by atoms with Crippen molar-refractivity contribution in [3.8, 4) is 0 Å². The number of carbonyl (C=O) groups is 1. The van der Waals surface area contributed by atoms with Gasteiger partial charge in [0.05, 0.1) is 17.2 Å². The number of amides is 1. The van der Waals surface area contributed by atoms with Crippen LogP contribution < -0.4 is 10.9 Å². The van der Waals surface area contributed by atoms with Gasteiger partial charge < -0.3 is 5.32 Å². The summed E-state index contributed by atoms with van der Waals surface area (Å²) in [6.07, 6.45) is 3.88. The van der Waals surface area contributed by atoms with Gasteiger partial charge in [-0.1, -0.05) is 19.1 Å². The van der Waals surface area contributed by atoms with Gasteiger partial charge in [0.1, 0.15) is 6.54 Å². The third-order valence-electron chi connectivity index (χ3n) is 5.08. The van der Waals surface area contributed by atoms with Crippen LogP contribution in [0.5, 0.6) is 0 Å². The number of likely N-dealkylation sites (tertiary alicyclic amines) is 1. The number of rotatable bonds is 5. The molecule has 1 aromatic carbocycles. The molecule has 0 aliphatic carbocycles. The molecule has 1 atom stereocenters. The van der Waals surface area contributed by atoms with Gasteiger partial charge in [-0.25, -0.2) is 4.98 Å². The zero-order chi connectivity index (χ0) is 17.8. The SMILES string of the molecule is CC1CCN([C@H](C)CNC(=O)Cn2cnc3ccccc3c2=O)CC1. The highest BCUT2D eigenvalue weighted by atomic mass is 16.2. The first-order valence-electron chi connectivity index (χ1n) is 8.99. The summed E-state index contributed by atoms with van der Waals surface area (Å²) in [6.45, 7) is 7.21. The number of fused-ring (bicyclic) bond motifs is 1. The van der Waals surface area contributed by atoms with Crippen LogP contribution in [-0.2, 0) is 11.3 Å². The summed E-state index contributed by atoms with van der Waals surface area (Å²) in [5.41, 5.74) is 0.468. The lowest BCUT2D eigenvalue weighted by molar-refractivity contribution is -0.122. The van der Waals surface area contributed by atoms with Crippen LogP contribution in [0.25, 0.3) is 10.9 Å². The second-order valence-corrected chi connectivity index (χ2v) is 7.07. The summed E-state index contributed by atoms with van der Waals surface area (Å²) in [5, 5.41) is 3.48. The van der Waals surface area contributed by atoms with Crippen molar-refractivity contribution in [3.63, 3.8) is 0 Å². The molecule has 6 nitrogen and oxygen atoms in total. The smallest absolute Gasteiger partial charge is 0.261 e. The van der Waals surface area contributed by atoms with E-state index in [1.165, 1.54) is 23.7 Å². The number of aromatic nitrogens is 2. The maximum atomic E-state index is 12.4. The van der Waals surface area contributed by atoms with Crippen LogP contribution in [0.4, 0.5) is 0 Å². The second kappa shape index (κ2) is 7.78. The number of piperidine rings is 1. The summed E-state index contributed by atoms with van der Waals surface area (Å²) in [7, 11) is 0. The fraction of sp³-hybridized carbons (Fsp3) is 0.526. The Kier molecular flexibility index (Phi) is 5.48. The molecule has 1 aromatic heterocycles. The molecule has 0 unspecified atom stereocenters. The lowest BCUT2D eigenvalue weighted by Crippen LogP contribution is -2.46. The molecule has 0 radical (unpaired) electrons. The van der Waals surface area contributed by atoms with Gasteiger partial charge in [-0.3, -0.25) is 19.1 Å². The number of nitrogens with zero attached hydrogens (tertiary/aromatic N) is 3. The van der Waals surface area contributed by atoms with E-state index in [0.29, 0.717) is 23.5 Å². The fourth-order valence-electron chi connectivity index (χ4n) is 3.29. The monoisotopic (exact) mass is 342 g/mol. The largest absolute Gasteiger partial charge is 0.353 e. The van der Waals surface area contributed by atoms with Crippen molar-refractivity contribution >= 4 is 16.8 Å². The average molecular weight is 342 g/mol. The van der Waals surface area contributed by atoms with E-state index in [2.05, 4.69) is 29.0 Å². The van der Waals surface area contributed by atoms with E-state index in [1.807, 2.05) is 6.07 Å². The van der Waals surface area contributed by atoms with E-state index in [4.69, 9.17) is 0 Å². The zero-order valence-electron chi connectivity index (χ0n) is 14.9. The Hall–Kier alpha value is -2.21. The molecule has 2 heterocycles. The molecule has 25 heavy (non-hydrogen) atoms. The van der Waals surface area contributed by atoms with Crippen LogP contribution in [0.2, 0.25) is 0 Å². The Morgan fingerprint density at radius 2 is 2.04 bits per heavy atom. The summed E-state index contributed by atoms with van der Waals surface area (Å²) in [6, 6.07) is 7.48. The Balaban J connectivity index is 1.56. The Morgan fingerprint density at radius 3 is 2.80 bits per heavy atom. The van der Waals surface area contributed by atoms with Crippen LogP contribution >= 0.6 is 0 Å². The first-order valence-corrected chi connectivity index (χ1v) is 8.99. The van der Waals surface area contributed by atoms with Crippen molar-refractivity contribution in [1.82, 2.24) is 19.8 Å². The standard InChI is InChI=1S/C19H26N4O2/c1-14-7-9-22(10-8-14)15(2)11-20-18(24)12-23-13-21-17-6-4-3-5-16(17)19(23)25/h3-6,13-15H,7-12H2,1-2H3,(H,20,24)/t15-/m1/s1. The summed E-state index contributed by atoms with van der Waals surface area (Å²) in [4.78, 5) is 31.3. The predicted octanol–water partition coefficient (Wildman–Crippen LogP) is 1.63. The first kappa shape index (κ1) is 17.6. The molecule has 1 saturated heterocycles. The van der Waals surface area contributed by atoms with E-state index in [1.54, 1.807) is 18.2 Å². The maximum absolute atomic E-state index is 12.4. The van der Waals surface area contributed by atoms with Gasteiger partial charge in [-0.2, -0.15) is 0 Å². The van der Waals surface area contributed by atoms with Gasteiger partial charge in [0.15, 0.2) is 0 Å². The topological polar surface area (TPSA) is 67.2 Å². The molecule has 0 saturated carbocycles. The van der Waals surface area contributed by atoms with Crippen molar-refractivity contribution in [3.05, 3.63) is 40.9 Å². The molecule has 2 aromatic rings. The fourth-order valence-corrected chi connectivity index (χ4v) is 3.29. The molecule has 1 aliphatic heterocycles. The van der Waals surface area contributed by atoms with E-state index >= 15 is 0 Å². The van der Waals surface area contributed by atoms with Crippen molar-refractivity contribution < 1.29 is 4.79 Å².